The molecule has 0 aromatic heterocycles. The molecule has 9 aromatic carbocycles. The van der Waals surface area contributed by atoms with E-state index in [9.17, 15) is 0 Å². The zero-order valence-corrected chi connectivity index (χ0v) is 28.2. The normalized spacial score (nSPS) is 11.1. The highest BCUT2D eigenvalue weighted by Gasteiger charge is 2.16. The van der Waals surface area contributed by atoms with Crippen molar-refractivity contribution in [1.82, 2.24) is 0 Å². The lowest BCUT2D eigenvalue weighted by atomic mass is 9.97. The van der Waals surface area contributed by atoms with Gasteiger partial charge in [-0.2, -0.15) is 0 Å². The Morgan fingerprint density at radius 2 is 0.686 bits per heavy atom. The maximum Gasteiger partial charge on any atom is 0.0467 e. The maximum absolute atomic E-state index is 2.39. The fourth-order valence-electron chi connectivity index (χ4n) is 7.26. The van der Waals surface area contributed by atoms with Crippen LogP contribution >= 0.6 is 0 Å². The lowest BCUT2D eigenvalue weighted by Crippen LogP contribution is -2.10. The Kier molecular flexibility index (Phi) is 7.92. The number of fused-ring (bicyclic) bond motifs is 2. The van der Waals surface area contributed by atoms with Crippen molar-refractivity contribution in [2.45, 2.75) is 0 Å². The second kappa shape index (κ2) is 13.3. The number of benzene rings is 9. The van der Waals surface area contributed by atoms with E-state index in [-0.39, 0.29) is 0 Å². The minimum atomic E-state index is 1.10. The number of nitrogens with zero attached hydrogens (tertiary/aromatic N) is 1. The molecule has 240 valence electrons. The minimum Gasteiger partial charge on any atom is -0.310 e. The van der Waals surface area contributed by atoms with Crippen LogP contribution in [0, 0.1) is 0 Å². The van der Waals surface area contributed by atoms with E-state index in [2.05, 4.69) is 217 Å². The molecule has 0 bridgehead atoms. The molecule has 0 heterocycles. The molecule has 0 fully saturated rings. The number of hydrogen-bond donors (Lipinski definition) is 0. The Labute approximate surface area is 299 Å². The lowest BCUT2D eigenvalue weighted by Gasteiger charge is -2.27. The first-order valence-corrected chi connectivity index (χ1v) is 17.5. The lowest BCUT2D eigenvalue weighted by molar-refractivity contribution is 1.28. The van der Waals surface area contributed by atoms with Gasteiger partial charge in [0.05, 0.1) is 0 Å². The summed E-state index contributed by atoms with van der Waals surface area (Å²) in [5, 5.41) is 4.98. The molecule has 0 amide bonds. The van der Waals surface area contributed by atoms with E-state index < -0.39 is 0 Å². The molecule has 1 heteroatoms. The zero-order valence-electron chi connectivity index (χ0n) is 28.2. The van der Waals surface area contributed by atoms with Crippen LogP contribution in [-0.4, -0.2) is 0 Å². The Hall–Kier alpha value is -6.70. The van der Waals surface area contributed by atoms with Crippen LogP contribution in [0.1, 0.15) is 0 Å². The smallest absolute Gasteiger partial charge is 0.0467 e. The van der Waals surface area contributed by atoms with Gasteiger partial charge in [0, 0.05) is 17.1 Å². The molecule has 0 N–H and O–H groups in total. The van der Waals surface area contributed by atoms with Crippen molar-refractivity contribution in [2.75, 3.05) is 4.90 Å². The van der Waals surface area contributed by atoms with E-state index in [1.54, 1.807) is 0 Å². The number of anilines is 3. The summed E-state index contributed by atoms with van der Waals surface area (Å²) in [7, 11) is 0. The van der Waals surface area contributed by atoms with Gasteiger partial charge in [0.25, 0.3) is 0 Å². The molecule has 9 rings (SSSR count). The fraction of sp³-hybridized carbons (Fsp3) is 0. The van der Waals surface area contributed by atoms with Crippen molar-refractivity contribution in [3.63, 3.8) is 0 Å². The first kappa shape index (κ1) is 30.4. The van der Waals surface area contributed by atoms with Gasteiger partial charge in [-0.15, -0.1) is 0 Å². The standard InChI is InChI=1S/C50H35N/c1-2-13-36(14-3-1)40-19-8-20-41(31-40)42-21-9-24-46(33-42)51(47-25-10-22-43(34-47)44-30-29-37-15-4-5-17-39(37)32-44)48-26-11-23-45(35-48)50-28-12-18-38-16-6-7-27-49(38)50/h1-35H. The van der Waals surface area contributed by atoms with Gasteiger partial charge >= 0.3 is 0 Å². The Bertz CT molecular complexity index is 2650. The van der Waals surface area contributed by atoms with Gasteiger partial charge in [-0.05, 0) is 115 Å². The van der Waals surface area contributed by atoms with Gasteiger partial charge in [0.1, 0.15) is 0 Å². The van der Waals surface area contributed by atoms with Crippen molar-refractivity contribution in [1.29, 1.82) is 0 Å². The summed E-state index contributed by atoms with van der Waals surface area (Å²) in [5.74, 6) is 0. The summed E-state index contributed by atoms with van der Waals surface area (Å²) < 4.78 is 0. The highest BCUT2D eigenvalue weighted by Crippen LogP contribution is 2.41. The van der Waals surface area contributed by atoms with E-state index in [4.69, 9.17) is 0 Å². The topological polar surface area (TPSA) is 3.24 Å². The largest absolute Gasteiger partial charge is 0.310 e. The van der Waals surface area contributed by atoms with Gasteiger partial charge in [0.15, 0.2) is 0 Å². The van der Waals surface area contributed by atoms with E-state index >= 15 is 0 Å². The SMILES string of the molecule is c1ccc(-c2cccc(-c3cccc(N(c4cccc(-c5ccc6ccccc6c5)c4)c4cccc(-c5cccc6ccccc56)c4)c3)c2)cc1. The molecule has 0 spiro atoms. The molecule has 0 unspecified atom stereocenters. The van der Waals surface area contributed by atoms with Gasteiger partial charge in [-0.1, -0.05) is 164 Å². The Morgan fingerprint density at radius 1 is 0.235 bits per heavy atom. The van der Waals surface area contributed by atoms with Crippen molar-refractivity contribution in [3.8, 4) is 44.5 Å². The van der Waals surface area contributed by atoms with Crippen LogP contribution < -0.4 is 4.90 Å². The molecule has 0 radical (unpaired) electrons. The third-order valence-electron chi connectivity index (χ3n) is 9.80. The summed E-state index contributed by atoms with van der Waals surface area (Å²) in [6.07, 6.45) is 0. The molecule has 1 nitrogen and oxygen atoms in total. The molecular weight excluding hydrogens is 615 g/mol. The monoisotopic (exact) mass is 649 g/mol. The average molecular weight is 650 g/mol. The van der Waals surface area contributed by atoms with Crippen LogP contribution in [0.3, 0.4) is 0 Å². The van der Waals surface area contributed by atoms with Crippen LogP contribution in [0.5, 0.6) is 0 Å². The van der Waals surface area contributed by atoms with Gasteiger partial charge in [-0.3, -0.25) is 0 Å². The number of rotatable bonds is 7. The van der Waals surface area contributed by atoms with Crippen LogP contribution in [0.15, 0.2) is 212 Å². The molecule has 0 saturated carbocycles. The molecule has 0 atom stereocenters. The maximum atomic E-state index is 2.39. The van der Waals surface area contributed by atoms with Crippen molar-refractivity contribution in [2.24, 2.45) is 0 Å². The van der Waals surface area contributed by atoms with Crippen molar-refractivity contribution in [3.05, 3.63) is 212 Å². The van der Waals surface area contributed by atoms with Gasteiger partial charge < -0.3 is 4.90 Å². The molecule has 0 saturated heterocycles. The van der Waals surface area contributed by atoms with E-state index in [0.717, 1.165) is 17.1 Å². The molecular formula is C50H35N. The quantitative estimate of drug-likeness (QED) is 0.166. The summed E-state index contributed by atoms with van der Waals surface area (Å²) >= 11 is 0. The van der Waals surface area contributed by atoms with Gasteiger partial charge in [-0.25, -0.2) is 0 Å². The highest BCUT2D eigenvalue weighted by molar-refractivity contribution is 5.97. The van der Waals surface area contributed by atoms with Crippen molar-refractivity contribution >= 4 is 38.6 Å². The molecule has 9 aromatic rings. The summed E-state index contributed by atoms with van der Waals surface area (Å²) in [5.41, 5.74) is 12.9. The summed E-state index contributed by atoms with van der Waals surface area (Å²) in [6.45, 7) is 0. The van der Waals surface area contributed by atoms with Crippen LogP contribution in [0.2, 0.25) is 0 Å². The summed E-state index contributed by atoms with van der Waals surface area (Å²) in [6, 6.07) is 76.7. The second-order valence-corrected chi connectivity index (χ2v) is 13.0. The third kappa shape index (κ3) is 6.07. The molecule has 0 aliphatic carbocycles. The van der Waals surface area contributed by atoms with E-state index in [0.29, 0.717) is 0 Å². The van der Waals surface area contributed by atoms with Crippen LogP contribution in [-0.2, 0) is 0 Å². The first-order chi connectivity index (χ1) is 25.3. The Balaban J connectivity index is 1.19. The fourth-order valence-corrected chi connectivity index (χ4v) is 7.26. The predicted molar refractivity (Wildman–Crippen MR) is 218 cm³/mol. The Morgan fingerprint density at radius 3 is 1.39 bits per heavy atom. The summed E-state index contributed by atoms with van der Waals surface area (Å²) in [4.78, 5) is 2.39. The van der Waals surface area contributed by atoms with E-state index in [1.807, 2.05) is 0 Å². The predicted octanol–water partition coefficient (Wildman–Crippen LogP) is 14.1. The number of hydrogen-bond acceptors (Lipinski definition) is 1. The molecule has 51 heavy (non-hydrogen) atoms. The third-order valence-corrected chi connectivity index (χ3v) is 9.80. The zero-order chi connectivity index (χ0) is 34.0. The second-order valence-electron chi connectivity index (χ2n) is 13.0. The highest BCUT2D eigenvalue weighted by atomic mass is 15.1. The van der Waals surface area contributed by atoms with E-state index in [1.165, 1.54) is 66.1 Å². The van der Waals surface area contributed by atoms with Crippen LogP contribution in [0.4, 0.5) is 17.1 Å². The molecule has 0 aliphatic rings. The minimum absolute atomic E-state index is 1.10. The molecule has 0 aliphatic heterocycles. The first-order valence-electron chi connectivity index (χ1n) is 17.5. The van der Waals surface area contributed by atoms with Gasteiger partial charge in [0.2, 0.25) is 0 Å². The van der Waals surface area contributed by atoms with Crippen molar-refractivity contribution < 1.29 is 0 Å². The average Bonchev–Trinajstić information content (AvgIpc) is 3.21. The van der Waals surface area contributed by atoms with Crippen LogP contribution in [0.25, 0.3) is 66.1 Å².